The molecule has 5 heteroatoms. The molecule has 1 aromatic heterocycles. The smallest absolute Gasteiger partial charge is 0.186 e. The fourth-order valence-electron chi connectivity index (χ4n) is 1.74. The molecule has 102 valence electrons. The maximum atomic E-state index is 13.8. The zero-order valence-electron chi connectivity index (χ0n) is 11.7. The lowest BCUT2D eigenvalue weighted by molar-refractivity contribution is 0.0573. The first-order chi connectivity index (χ1) is 8.51. The molecule has 18 heavy (non-hydrogen) atoms. The highest BCUT2D eigenvalue weighted by atomic mass is 19.1. The van der Waals surface area contributed by atoms with Crippen molar-refractivity contribution < 1.29 is 9.13 Å². The molecule has 0 spiro atoms. The summed E-state index contributed by atoms with van der Waals surface area (Å²) in [5.74, 6) is 0.650. The van der Waals surface area contributed by atoms with Crippen LogP contribution in [0.15, 0.2) is 0 Å². The van der Waals surface area contributed by atoms with E-state index in [4.69, 9.17) is 4.74 Å². The Morgan fingerprint density at radius 2 is 2.00 bits per heavy atom. The molecule has 0 amide bonds. The van der Waals surface area contributed by atoms with Gasteiger partial charge in [0.2, 0.25) is 0 Å². The quantitative estimate of drug-likeness (QED) is 0.848. The number of methoxy groups -OCH3 is 1. The highest BCUT2D eigenvalue weighted by Crippen LogP contribution is 2.25. The Kier molecular flexibility index (Phi) is 5.47. The van der Waals surface area contributed by atoms with Crippen LogP contribution in [-0.4, -0.2) is 23.6 Å². The zero-order chi connectivity index (χ0) is 13.7. The molecule has 0 saturated heterocycles. The minimum absolute atomic E-state index is 0.216. The number of aryl methyl sites for hydroxylation is 1. The molecule has 0 aliphatic heterocycles. The molecule has 1 atom stereocenters. The zero-order valence-corrected chi connectivity index (χ0v) is 11.7. The Morgan fingerprint density at radius 1 is 1.33 bits per heavy atom. The van der Waals surface area contributed by atoms with E-state index in [1.54, 1.807) is 14.0 Å². The van der Waals surface area contributed by atoms with Crippen LogP contribution in [0, 0.1) is 18.7 Å². The normalized spacial score (nSPS) is 12.8. The number of halogens is 1. The average molecular weight is 255 g/mol. The first-order valence-electron chi connectivity index (χ1n) is 6.31. The molecule has 0 aliphatic carbocycles. The van der Waals surface area contributed by atoms with Gasteiger partial charge in [0, 0.05) is 13.7 Å². The monoisotopic (exact) mass is 255 g/mol. The van der Waals surface area contributed by atoms with E-state index in [2.05, 4.69) is 15.3 Å². The van der Waals surface area contributed by atoms with E-state index in [-0.39, 0.29) is 23.7 Å². The van der Waals surface area contributed by atoms with Crippen LogP contribution in [0.25, 0.3) is 0 Å². The predicted octanol–water partition coefficient (Wildman–Crippen LogP) is 3.09. The lowest BCUT2D eigenvalue weighted by Crippen LogP contribution is -2.16. The highest BCUT2D eigenvalue weighted by Gasteiger charge is 2.21. The molecule has 1 heterocycles. The van der Waals surface area contributed by atoms with E-state index in [0.717, 1.165) is 6.42 Å². The summed E-state index contributed by atoms with van der Waals surface area (Å²) in [4.78, 5) is 8.42. The molecule has 1 aromatic rings. The van der Waals surface area contributed by atoms with E-state index in [9.17, 15) is 4.39 Å². The second-order valence-corrected chi connectivity index (χ2v) is 4.66. The molecular formula is C13H22FN3O. The summed E-state index contributed by atoms with van der Waals surface area (Å²) < 4.78 is 19.2. The third kappa shape index (κ3) is 3.38. The Hall–Kier alpha value is -1.23. The Bertz CT molecular complexity index is 396. The SMILES string of the molecule is CCCNc1nc(C(OC)C(C)C)nc(C)c1F. The largest absolute Gasteiger partial charge is 0.373 e. The van der Waals surface area contributed by atoms with Gasteiger partial charge >= 0.3 is 0 Å². The molecule has 0 bridgehead atoms. The lowest BCUT2D eigenvalue weighted by atomic mass is 10.1. The van der Waals surface area contributed by atoms with Crippen molar-refractivity contribution in [2.45, 2.75) is 40.2 Å². The summed E-state index contributed by atoms with van der Waals surface area (Å²) in [6, 6.07) is 0. The van der Waals surface area contributed by atoms with Crippen LogP contribution < -0.4 is 5.32 Å². The fraction of sp³-hybridized carbons (Fsp3) is 0.692. The summed E-state index contributed by atoms with van der Waals surface area (Å²) in [5, 5.41) is 2.98. The Labute approximate surface area is 108 Å². The molecule has 0 fully saturated rings. The summed E-state index contributed by atoms with van der Waals surface area (Å²) in [6.07, 6.45) is 0.696. The number of hydrogen-bond donors (Lipinski definition) is 1. The van der Waals surface area contributed by atoms with Gasteiger partial charge in [0.1, 0.15) is 6.10 Å². The molecule has 0 radical (unpaired) electrons. The van der Waals surface area contributed by atoms with Crippen LogP contribution in [0.2, 0.25) is 0 Å². The number of nitrogens with one attached hydrogen (secondary N) is 1. The summed E-state index contributed by atoms with van der Waals surface area (Å²) in [5.41, 5.74) is 0.348. The highest BCUT2D eigenvalue weighted by molar-refractivity contribution is 5.38. The third-order valence-electron chi connectivity index (χ3n) is 2.69. The first kappa shape index (κ1) is 14.8. The topological polar surface area (TPSA) is 47.0 Å². The lowest BCUT2D eigenvalue weighted by Gasteiger charge is -2.19. The van der Waals surface area contributed by atoms with Gasteiger partial charge in [-0.05, 0) is 19.3 Å². The Morgan fingerprint density at radius 3 is 2.50 bits per heavy atom. The van der Waals surface area contributed by atoms with Crippen molar-refractivity contribution in [2.75, 3.05) is 19.0 Å². The van der Waals surface area contributed by atoms with Gasteiger partial charge in [-0.15, -0.1) is 0 Å². The predicted molar refractivity (Wildman–Crippen MR) is 70.1 cm³/mol. The maximum absolute atomic E-state index is 13.8. The number of aromatic nitrogens is 2. The minimum atomic E-state index is -0.384. The molecule has 1 unspecified atom stereocenters. The number of hydrogen-bond acceptors (Lipinski definition) is 4. The van der Waals surface area contributed by atoms with Crippen molar-refractivity contribution in [1.82, 2.24) is 9.97 Å². The summed E-state index contributed by atoms with van der Waals surface area (Å²) >= 11 is 0. The second-order valence-electron chi connectivity index (χ2n) is 4.66. The van der Waals surface area contributed by atoms with E-state index < -0.39 is 0 Å². The van der Waals surface area contributed by atoms with Gasteiger partial charge in [-0.3, -0.25) is 0 Å². The number of nitrogens with zero attached hydrogens (tertiary/aromatic N) is 2. The van der Waals surface area contributed by atoms with Crippen molar-refractivity contribution in [2.24, 2.45) is 5.92 Å². The first-order valence-corrected chi connectivity index (χ1v) is 6.31. The van der Waals surface area contributed by atoms with Crippen molar-refractivity contribution >= 4 is 5.82 Å². The van der Waals surface area contributed by atoms with Crippen molar-refractivity contribution in [1.29, 1.82) is 0 Å². The fourth-order valence-corrected chi connectivity index (χ4v) is 1.74. The van der Waals surface area contributed by atoms with E-state index >= 15 is 0 Å². The van der Waals surface area contributed by atoms with Crippen molar-refractivity contribution in [3.05, 3.63) is 17.3 Å². The average Bonchev–Trinajstić information content (AvgIpc) is 2.32. The van der Waals surface area contributed by atoms with Crippen LogP contribution >= 0.6 is 0 Å². The van der Waals surface area contributed by atoms with Gasteiger partial charge in [-0.1, -0.05) is 20.8 Å². The van der Waals surface area contributed by atoms with Crippen LogP contribution in [-0.2, 0) is 4.74 Å². The standard InChI is InChI=1S/C13H22FN3O/c1-6-7-15-12-10(14)9(4)16-13(17-12)11(18-5)8(2)3/h8,11H,6-7H2,1-5H3,(H,15,16,17). The number of ether oxygens (including phenoxy) is 1. The molecule has 1 rings (SSSR count). The number of anilines is 1. The summed E-state index contributed by atoms with van der Waals surface area (Å²) in [6.45, 7) is 8.40. The molecule has 4 nitrogen and oxygen atoms in total. The molecule has 0 aliphatic rings. The van der Waals surface area contributed by atoms with Crippen LogP contribution in [0.5, 0.6) is 0 Å². The molecular weight excluding hydrogens is 233 g/mol. The van der Waals surface area contributed by atoms with Crippen molar-refractivity contribution in [3.8, 4) is 0 Å². The summed E-state index contributed by atoms with van der Waals surface area (Å²) in [7, 11) is 1.62. The maximum Gasteiger partial charge on any atom is 0.186 e. The van der Waals surface area contributed by atoms with Gasteiger partial charge in [-0.2, -0.15) is 0 Å². The van der Waals surface area contributed by atoms with Gasteiger partial charge in [0.25, 0.3) is 0 Å². The second kappa shape index (κ2) is 6.64. The minimum Gasteiger partial charge on any atom is -0.373 e. The number of rotatable bonds is 6. The Balaban J connectivity index is 3.10. The van der Waals surface area contributed by atoms with Gasteiger partial charge in [0.05, 0.1) is 5.69 Å². The van der Waals surface area contributed by atoms with Gasteiger partial charge < -0.3 is 10.1 Å². The molecule has 0 saturated carbocycles. The third-order valence-corrected chi connectivity index (χ3v) is 2.69. The van der Waals surface area contributed by atoms with Crippen LogP contribution in [0.1, 0.15) is 44.8 Å². The van der Waals surface area contributed by atoms with Crippen molar-refractivity contribution in [3.63, 3.8) is 0 Å². The van der Waals surface area contributed by atoms with Gasteiger partial charge in [-0.25, -0.2) is 14.4 Å². The van der Waals surface area contributed by atoms with E-state index in [1.165, 1.54) is 0 Å². The van der Waals surface area contributed by atoms with E-state index in [0.29, 0.717) is 18.1 Å². The van der Waals surface area contributed by atoms with Crippen LogP contribution in [0.4, 0.5) is 10.2 Å². The van der Waals surface area contributed by atoms with Crippen LogP contribution in [0.3, 0.4) is 0 Å². The molecule has 1 N–H and O–H groups in total. The van der Waals surface area contributed by atoms with E-state index in [1.807, 2.05) is 20.8 Å². The molecule has 0 aromatic carbocycles. The van der Waals surface area contributed by atoms with Gasteiger partial charge in [0.15, 0.2) is 17.5 Å².